The predicted molar refractivity (Wildman–Crippen MR) is 70.2 cm³/mol. The molecule has 102 valence electrons. The van der Waals surface area contributed by atoms with Crippen molar-refractivity contribution in [2.24, 2.45) is 0 Å². The molecule has 0 unspecified atom stereocenters. The van der Waals surface area contributed by atoms with Gasteiger partial charge in [-0.15, -0.1) is 10.2 Å². The zero-order valence-corrected chi connectivity index (χ0v) is 11.2. The second-order valence-electron chi connectivity index (χ2n) is 4.85. The third-order valence-corrected chi connectivity index (χ3v) is 3.38. The molecular weight excluding hydrogens is 242 g/mol. The Balaban J connectivity index is 1.58. The molecule has 3 rings (SSSR count). The molecule has 0 amide bonds. The molecule has 19 heavy (non-hydrogen) atoms. The standard InChI is InChI=1S/C13H19N5O/c1-2-14-6-11-5-12(19-9-11)7-17-3-4-18-10-15-16-13(18)8-17/h5,9-10,14H,2-4,6-8H2,1H3. The van der Waals surface area contributed by atoms with Crippen LogP contribution in [0.1, 0.15) is 24.1 Å². The summed E-state index contributed by atoms with van der Waals surface area (Å²) >= 11 is 0. The first-order valence-corrected chi connectivity index (χ1v) is 6.71. The summed E-state index contributed by atoms with van der Waals surface area (Å²) in [7, 11) is 0. The molecule has 0 aromatic carbocycles. The van der Waals surface area contributed by atoms with E-state index in [1.807, 2.05) is 6.26 Å². The Kier molecular flexibility index (Phi) is 3.61. The van der Waals surface area contributed by atoms with Gasteiger partial charge in [0.25, 0.3) is 0 Å². The van der Waals surface area contributed by atoms with E-state index >= 15 is 0 Å². The molecule has 0 atom stereocenters. The number of aromatic nitrogens is 3. The molecule has 3 heterocycles. The van der Waals surface area contributed by atoms with Crippen LogP contribution in [0.4, 0.5) is 0 Å². The van der Waals surface area contributed by atoms with Crippen molar-refractivity contribution in [3.05, 3.63) is 35.8 Å². The van der Waals surface area contributed by atoms with Crippen LogP contribution in [0.3, 0.4) is 0 Å². The second kappa shape index (κ2) is 5.54. The van der Waals surface area contributed by atoms with Gasteiger partial charge in [-0.05, 0) is 12.6 Å². The number of nitrogens with zero attached hydrogens (tertiary/aromatic N) is 4. The van der Waals surface area contributed by atoms with E-state index in [-0.39, 0.29) is 0 Å². The Hall–Kier alpha value is -1.66. The smallest absolute Gasteiger partial charge is 0.147 e. The first-order chi connectivity index (χ1) is 9.35. The average Bonchev–Trinajstić information content (AvgIpc) is 3.05. The molecular formula is C13H19N5O. The Morgan fingerprint density at radius 1 is 1.42 bits per heavy atom. The highest BCUT2D eigenvalue weighted by molar-refractivity contribution is 5.12. The molecule has 1 aliphatic rings. The lowest BCUT2D eigenvalue weighted by Gasteiger charge is -2.25. The number of furan rings is 1. The van der Waals surface area contributed by atoms with Gasteiger partial charge in [-0.25, -0.2) is 0 Å². The SMILES string of the molecule is CCNCc1coc(CN2CCn3cnnc3C2)c1. The summed E-state index contributed by atoms with van der Waals surface area (Å²) in [5.74, 6) is 2.05. The number of rotatable bonds is 5. The minimum atomic E-state index is 0.832. The maximum atomic E-state index is 5.61. The van der Waals surface area contributed by atoms with E-state index in [0.29, 0.717) is 0 Å². The molecule has 1 N–H and O–H groups in total. The fourth-order valence-corrected chi connectivity index (χ4v) is 2.34. The van der Waals surface area contributed by atoms with Crippen molar-refractivity contribution >= 4 is 0 Å². The minimum absolute atomic E-state index is 0.832. The highest BCUT2D eigenvalue weighted by Crippen LogP contribution is 2.15. The fraction of sp³-hybridized carbons (Fsp3) is 0.538. The largest absolute Gasteiger partial charge is 0.468 e. The topological polar surface area (TPSA) is 59.1 Å². The second-order valence-corrected chi connectivity index (χ2v) is 4.85. The zero-order chi connectivity index (χ0) is 13.1. The van der Waals surface area contributed by atoms with Gasteiger partial charge in [0.2, 0.25) is 0 Å². The number of hydrogen-bond acceptors (Lipinski definition) is 5. The van der Waals surface area contributed by atoms with Gasteiger partial charge in [-0.2, -0.15) is 0 Å². The highest BCUT2D eigenvalue weighted by atomic mass is 16.3. The molecule has 0 fully saturated rings. The van der Waals surface area contributed by atoms with Crippen molar-refractivity contribution in [3.63, 3.8) is 0 Å². The summed E-state index contributed by atoms with van der Waals surface area (Å²) in [6.45, 7) is 7.57. The van der Waals surface area contributed by atoms with Gasteiger partial charge in [0, 0.05) is 25.2 Å². The number of hydrogen-bond donors (Lipinski definition) is 1. The maximum absolute atomic E-state index is 5.61. The lowest BCUT2D eigenvalue weighted by atomic mass is 10.2. The Bertz CT molecular complexity index is 533. The average molecular weight is 261 g/mol. The fourth-order valence-electron chi connectivity index (χ4n) is 2.34. The van der Waals surface area contributed by atoms with E-state index in [1.165, 1.54) is 5.56 Å². The van der Waals surface area contributed by atoms with Crippen LogP contribution in [0.5, 0.6) is 0 Å². The van der Waals surface area contributed by atoms with Crippen molar-refractivity contribution < 1.29 is 4.42 Å². The summed E-state index contributed by atoms with van der Waals surface area (Å²) < 4.78 is 7.72. The molecule has 2 aromatic heterocycles. The van der Waals surface area contributed by atoms with E-state index in [0.717, 1.165) is 50.9 Å². The summed E-state index contributed by atoms with van der Waals surface area (Å²) in [6, 6.07) is 2.13. The molecule has 0 aliphatic carbocycles. The minimum Gasteiger partial charge on any atom is -0.468 e. The summed E-state index contributed by atoms with van der Waals surface area (Å²) in [4.78, 5) is 2.33. The van der Waals surface area contributed by atoms with Crippen LogP contribution in [-0.4, -0.2) is 32.8 Å². The van der Waals surface area contributed by atoms with Gasteiger partial charge in [0.05, 0.1) is 19.4 Å². The number of nitrogens with one attached hydrogen (secondary N) is 1. The summed E-state index contributed by atoms with van der Waals surface area (Å²) in [5.41, 5.74) is 1.21. The van der Waals surface area contributed by atoms with Crippen LogP contribution in [0.2, 0.25) is 0 Å². The molecule has 0 saturated heterocycles. The lowest BCUT2D eigenvalue weighted by Crippen LogP contribution is -2.33. The van der Waals surface area contributed by atoms with E-state index in [4.69, 9.17) is 4.42 Å². The molecule has 0 saturated carbocycles. The van der Waals surface area contributed by atoms with Gasteiger partial charge in [-0.3, -0.25) is 4.90 Å². The molecule has 2 aromatic rings. The van der Waals surface area contributed by atoms with Gasteiger partial charge in [0.15, 0.2) is 0 Å². The van der Waals surface area contributed by atoms with Crippen LogP contribution >= 0.6 is 0 Å². The highest BCUT2D eigenvalue weighted by Gasteiger charge is 2.18. The maximum Gasteiger partial charge on any atom is 0.147 e. The first-order valence-electron chi connectivity index (χ1n) is 6.71. The lowest BCUT2D eigenvalue weighted by molar-refractivity contribution is 0.194. The molecule has 0 spiro atoms. The van der Waals surface area contributed by atoms with Crippen LogP contribution in [0.15, 0.2) is 23.1 Å². The van der Waals surface area contributed by atoms with Crippen molar-refractivity contribution in [1.29, 1.82) is 0 Å². The third-order valence-electron chi connectivity index (χ3n) is 3.38. The van der Waals surface area contributed by atoms with E-state index < -0.39 is 0 Å². The van der Waals surface area contributed by atoms with E-state index in [2.05, 4.69) is 38.0 Å². The van der Waals surface area contributed by atoms with Crippen molar-refractivity contribution in [2.45, 2.75) is 33.1 Å². The third kappa shape index (κ3) is 2.85. The van der Waals surface area contributed by atoms with Crippen molar-refractivity contribution in [1.82, 2.24) is 25.0 Å². The molecule has 6 heteroatoms. The van der Waals surface area contributed by atoms with Crippen LogP contribution < -0.4 is 5.32 Å². The normalized spacial score (nSPS) is 15.6. The zero-order valence-electron chi connectivity index (χ0n) is 11.2. The van der Waals surface area contributed by atoms with Gasteiger partial charge >= 0.3 is 0 Å². The van der Waals surface area contributed by atoms with Crippen LogP contribution in [-0.2, 0) is 26.2 Å². The van der Waals surface area contributed by atoms with Crippen LogP contribution in [0, 0.1) is 0 Å². The first kappa shape index (κ1) is 12.4. The van der Waals surface area contributed by atoms with Crippen LogP contribution in [0.25, 0.3) is 0 Å². The number of fused-ring (bicyclic) bond motifs is 1. The Morgan fingerprint density at radius 2 is 2.37 bits per heavy atom. The summed E-state index contributed by atoms with van der Waals surface area (Å²) in [5, 5.41) is 11.4. The quantitative estimate of drug-likeness (QED) is 0.870. The molecule has 6 nitrogen and oxygen atoms in total. The van der Waals surface area contributed by atoms with Crippen molar-refractivity contribution in [2.75, 3.05) is 13.1 Å². The Labute approximate surface area is 112 Å². The Morgan fingerprint density at radius 3 is 3.26 bits per heavy atom. The monoisotopic (exact) mass is 261 g/mol. The van der Waals surface area contributed by atoms with E-state index in [9.17, 15) is 0 Å². The molecule has 1 aliphatic heterocycles. The summed E-state index contributed by atoms with van der Waals surface area (Å²) in [6.07, 6.45) is 3.64. The molecule has 0 radical (unpaired) electrons. The van der Waals surface area contributed by atoms with Gasteiger partial charge in [0.1, 0.15) is 17.9 Å². The molecule has 0 bridgehead atoms. The van der Waals surface area contributed by atoms with Crippen molar-refractivity contribution in [3.8, 4) is 0 Å². The predicted octanol–water partition coefficient (Wildman–Crippen LogP) is 0.996. The van der Waals surface area contributed by atoms with Gasteiger partial charge < -0.3 is 14.3 Å². The van der Waals surface area contributed by atoms with E-state index in [1.54, 1.807) is 6.33 Å². The van der Waals surface area contributed by atoms with Gasteiger partial charge in [-0.1, -0.05) is 6.92 Å².